The Labute approximate surface area is 190 Å². The number of nitro groups is 1. The topological polar surface area (TPSA) is 91.9 Å². The standard InChI is InChI=1S/C23H23ClN4O4/c1-2-26-10-12-27(13-11-26)20-7-6-17(15-19(20)24)25-23(29)22-9-8-21(32-22)16-4-3-5-18(14-16)28(30)31/h3-9,14-15H,2,10-13H2,1H3,(H,25,29). The van der Waals surface area contributed by atoms with Gasteiger partial charge in [-0.15, -0.1) is 0 Å². The summed E-state index contributed by atoms with van der Waals surface area (Å²) in [7, 11) is 0. The molecular weight excluding hydrogens is 432 g/mol. The molecule has 1 N–H and O–H groups in total. The van der Waals surface area contributed by atoms with Crippen molar-refractivity contribution in [2.24, 2.45) is 0 Å². The molecule has 4 rings (SSSR count). The Balaban J connectivity index is 1.44. The summed E-state index contributed by atoms with van der Waals surface area (Å²) in [6, 6.07) is 14.7. The number of halogens is 1. The first-order valence-corrected chi connectivity index (χ1v) is 10.8. The van der Waals surface area contributed by atoms with Crippen molar-refractivity contribution in [1.29, 1.82) is 0 Å². The second-order valence-corrected chi connectivity index (χ2v) is 7.92. The van der Waals surface area contributed by atoms with E-state index in [1.54, 1.807) is 24.3 Å². The van der Waals surface area contributed by atoms with Gasteiger partial charge in [0.05, 0.1) is 15.6 Å². The molecule has 0 bridgehead atoms. The van der Waals surface area contributed by atoms with Crippen molar-refractivity contribution in [2.45, 2.75) is 6.92 Å². The molecule has 0 atom stereocenters. The predicted molar refractivity (Wildman–Crippen MR) is 125 cm³/mol. The summed E-state index contributed by atoms with van der Waals surface area (Å²) in [5, 5.41) is 14.3. The van der Waals surface area contributed by atoms with Crippen molar-refractivity contribution < 1.29 is 14.1 Å². The number of anilines is 2. The van der Waals surface area contributed by atoms with E-state index < -0.39 is 10.8 Å². The number of rotatable bonds is 6. The minimum absolute atomic E-state index is 0.0456. The van der Waals surface area contributed by atoms with Crippen LogP contribution in [0.25, 0.3) is 11.3 Å². The Hall–Kier alpha value is -3.36. The number of benzene rings is 2. The fourth-order valence-electron chi connectivity index (χ4n) is 3.73. The van der Waals surface area contributed by atoms with Crippen molar-refractivity contribution in [3.8, 4) is 11.3 Å². The van der Waals surface area contributed by atoms with Gasteiger partial charge in [-0.25, -0.2) is 0 Å². The molecule has 0 saturated carbocycles. The lowest BCUT2D eigenvalue weighted by Crippen LogP contribution is -2.46. The smallest absolute Gasteiger partial charge is 0.291 e. The Bertz CT molecular complexity index is 1140. The van der Waals surface area contributed by atoms with Crippen LogP contribution in [0.4, 0.5) is 17.1 Å². The monoisotopic (exact) mass is 454 g/mol. The molecule has 166 valence electrons. The average Bonchev–Trinajstić information content (AvgIpc) is 3.30. The molecule has 32 heavy (non-hydrogen) atoms. The van der Waals surface area contributed by atoms with Gasteiger partial charge in [-0.1, -0.05) is 30.7 Å². The van der Waals surface area contributed by atoms with Crippen LogP contribution in [0.3, 0.4) is 0 Å². The third-order valence-corrected chi connectivity index (χ3v) is 5.84. The quantitative estimate of drug-likeness (QED) is 0.420. The van der Waals surface area contributed by atoms with E-state index >= 15 is 0 Å². The van der Waals surface area contributed by atoms with Crippen LogP contribution >= 0.6 is 11.6 Å². The Kier molecular flexibility index (Phi) is 6.43. The SMILES string of the molecule is CCN1CCN(c2ccc(NC(=O)c3ccc(-c4cccc([N+](=O)[O-])c4)o3)cc2Cl)CC1. The molecule has 3 aromatic rings. The molecule has 1 amide bonds. The molecule has 0 spiro atoms. The zero-order valence-electron chi connectivity index (χ0n) is 17.6. The molecule has 9 heteroatoms. The van der Waals surface area contributed by atoms with E-state index in [0.29, 0.717) is 22.0 Å². The van der Waals surface area contributed by atoms with Crippen molar-refractivity contribution in [3.05, 3.63) is 75.5 Å². The molecule has 0 aliphatic carbocycles. The van der Waals surface area contributed by atoms with Gasteiger partial charge in [-0.3, -0.25) is 14.9 Å². The summed E-state index contributed by atoms with van der Waals surface area (Å²) < 4.78 is 5.63. The first-order valence-electron chi connectivity index (χ1n) is 10.4. The van der Waals surface area contributed by atoms with E-state index in [4.69, 9.17) is 16.0 Å². The summed E-state index contributed by atoms with van der Waals surface area (Å²) in [4.78, 5) is 27.8. The van der Waals surface area contributed by atoms with Crippen LogP contribution in [0, 0.1) is 10.1 Å². The molecular formula is C23H23ClN4O4. The Morgan fingerprint density at radius 3 is 2.59 bits per heavy atom. The molecule has 8 nitrogen and oxygen atoms in total. The summed E-state index contributed by atoms with van der Waals surface area (Å²) >= 11 is 6.50. The van der Waals surface area contributed by atoms with E-state index in [2.05, 4.69) is 22.0 Å². The Morgan fingerprint density at radius 2 is 1.91 bits per heavy atom. The fraction of sp³-hybridized carbons (Fsp3) is 0.261. The molecule has 1 saturated heterocycles. The van der Waals surface area contributed by atoms with E-state index in [9.17, 15) is 14.9 Å². The fourth-order valence-corrected chi connectivity index (χ4v) is 4.03. The van der Waals surface area contributed by atoms with E-state index in [-0.39, 0.29) is 11.4 Å². The van der Waals surface area contributed by atoms with Crippen LogP contribution in [0.2, 0.25) is 5.02 Å². The number of nitrogens with zero attached hydrogens (tertiary/aromatic N) is 3. The van der Waals surface area contributed by atoms with Crippen molar-refractivity contribution in [2.75, 3.05) is 42.9 Å². The maximum atomic E-state index is 12.6. The van der Waals surface area contributed by atoms with Gasteiger partial charge in [0.25, 0.3) is 11.6 Å². The van der Waals surface area contributed by atoms with Crippen molar-refractivity contribution in [3.63, 3.8) is 0 Å². The number of carbonyl (C=O) groups is 1. The summed E-state index contributed by atoms with van der Waals surface area (Å²) in [5.41, 5.74) is 1.99. The zero-order chi connectivity index (χ0) is 22.7. The second-order valence-electron chi connectivity index (χ2n) is 7.51. The minimum atomic E-state index is -0.475. The van der Waals surface area contributed by atoms with Gasteiger partial charge in [0.1, 0.15) is 5.76 Å². The van der Waals surface area contributed by atoms with Crippen LogP contribution in [0.1, 0.15) is 17.5 Å². The maximum absolute atomic E-state index is 12.6. The first-order chi connectivity index (χ1) is 15.4. The summed E-state index contributed by atoms with van der Waals surface area (Å²) in [6.07, 6.45) is 0. The summed E-state index contributed by atoms with van der Waals surface area (Å²) in [5.74, 6) is 0.0444. The lowest BCUT2D eigenvalue weighted by molar-refractivity contribution is -0.384. The number of piperazine rings is 1. The van der Waals surface area contributed by atoms with Crippen LogP contribution in [0.5, 0.6) is 0 Å². The molecule has 2 aromatic carbocycles. The van der Waals surface area contributed by atoms with Crippen LogP contribution in [-0.2, 0) is 0 Å². The molecule has 1 aliphatic rings. The van der Waals surface area contributed by atoms with Crippen LogP contribution in [-0.4, -0.2) is 48.5 Å². The van der Waals surface area contributed by atoms with Crippen molar-refractivity contribution in [1.82, 2.24) is 4.90 Å². The molecule has 1 fully saturated rings. The third kappa shape index (κ3) is 4.76. The largest absolute Gasteiger partial charge is 0.451 e. The van der Waals surface area contributed by atoms with Crippen LogP contribution < -0.4 is 10.2 Å². The highest BCUT2D eigenvalue weighted by Crippen LogP contribution is 2.30. The first kappa shape index (κ1) is 21.9. The molecule has 2 heterocycles. The summed E-state index contributed by atoms with van der Waals surface area (Å²) in [6.45, 7) is 7.01. The highest BCUT2D eigenvalue weighted by Gasteiger charge is 2.19. The number of furan rings is 1. The van der Waals surface area contributed by atoms with Gasteiger partial charge >= 0.3 is 0 Å². The number of nitro benzene ring substituents is 1. The highest BCUT2D eigenvalue weighted by molar-refractivity contribution is 6.33. The maximum Gasteiger partial charge on any atom is 0.291 e. The second kappa shape index (κ2) is 9.42. The van der Waals surface area contributed by atoms with E-state index in [1.807, 2.05) is 12.1 Å². The van der Waals surface area contributed by atoms with Gasteiger partial charge in [-0.05, 0) is 36.9 Å². The lowest BCUT2D eigenvalue weighted by atomic mass is 10.1. The molecule has 1 aliphatic heterocycles. The number of nitrogens with one attached hydrogen (secondary N) is 1. The number of likely N-dealkylation sites (N-methyl/N-ethyl adjacent to an activating group) is 1. The molecule has 1 aromatic heterocycles. The lowest BCUT2D eigenvalue weighted by Gasteiger charge is -2.36. The highest BCUT2D eigenvalue weighted by atomic mass is 35.5. The number of non-ortho nitro benzene ring substituents is 1. The normalized spacial score (nSPS) is 14.4. The minimum Gasteiger partial charge on any atom is -0.451 e. The van der Waals surface area contributed by atoms with Gasteiger partial charge in [0.15, 0.2) is 5.76 Å². The predicted octanol–water partition coefficient (Wildman–Crippen LogP) is 4.90. The Morgan fingerprint density at radius 1 is 1.12 bits per heavy atom. The number of amides is 1. The van der Waals surface area contributed by atoms with Crippen molar-refractivity contribution >= 4 is 34.6 Å². The number of carbonyl (C=O) groups excluding carboxylic acids is 1. The zero-order valence-corrected chi connectivity index (χ0v) is 18.3. The van der Waals surface area contributed by atoms with Gasteiger partial charge in [0.2, 0.25) is 0 Å². The van der Waals surface area contributed by atoms with E-state index in [1.165, 1.54) is 18.2 Å². The van der Waals surface area contributed by atoms with E-state index in [0.717, 1.165) is 38.4 Å². The number of hydrogen-bond donors (Lipinski definition) is 1. The average molecular weight is 455 g/mol. The van der Waals surface area contributed by atoms with Gasteiger partial charge in [0, 0.05) is 49.6 Å². The third-order valence-electron chi connectivity index (χ3n) is 5.54. The number of hydrogen-bond acceptors (Lipinski definition) is 6. The molecule has 0 unspecified atom stereocenters. The molecule has 0 radical (unpaired) electrons. The van der Waals surface area contributed by atoms with Crippen LogP contribution in [0.15, 0.2) is 59.0 Å². The van der Waals surface area contributed by atoms with Gasteiger partial charge < -0.3 is 19.5 Å². The van der Waals surface area contributed by atoms with Gasteiger partial charge in [-0.2, -0.15) is 0 Å².